The number of aliphatic hydroxyl groups is 1. The summed E-state index contributed by atoms with van der Waals surface area (Å²) in [5, 5.41) is 23.5. The van der Waals surface area contributed by atoms with E-state index < -0.39 is 22.7 Å². The minimum Gasteiger partial charge on any atom is -0.497 e. The van der Waals surface area contributed by atoms with Gasteiger partial charge in [0.2, 0.25) is 0 Å². The number of amides is 1. The number of ketones is 1. The van der Waals surface area contributed by atoms with E-state index >= 15 is 0 Å². The minimum atomic E-state index is -0.760. The fourth-order valence-corrected chi connectivity index (χ4v) is 3.44. The van der Waals surface area contributed by atoms with Crippen molar-refractivity contribution in [3.63, 3.8) is 0 Å². The lowest BCUT2D eigenvalue weighted by atomic mass is 9.96. The van der Waals surface area contributed by atoms with Crippen molar-refractivity contribution >= 4 is 23.1 Å². The average Bonchev–Trinajstić information content (AvgIpc) is 2.99. The summed E-state index contributed by atoms with van der Waals surface area (Å²) in [4.78, 5) is 37.1. The first-order chi connectivity index (χ1) is 14.4. The Bertz CT molecular complexity index is 998. The molecule has 9 nitrogen and oxygen atoms in total. The van der Waals surface area contributed by atoms with Gasteiger partial charge in [-0.2, -0.15) is 0 Å². The van der Waals surface area contributed by atoms with E-state index in [1.807, 2.05) is 0 Å². The fourth-order valence-electron chi connectivity index (χ4n) is 3.44. The number of nitrogens with zero attached hydrogens (tertiary/aromatic N) is 2. The molecule has 9 heteroatoms. The van der Waals surface area contributed by atoms with Gasteiger partial charge in [-0.05, 0) is 48.9 Å². The molecule has 1 fully saturated rings. The van der Waals surface area contributed by atoms with Gasteiger partial charge in [-0.1, -0.05) is 0 Å². The highest BCUT2D eigenvalue weighted by molar-refractivity contribution is 6.45. The first-order valence-electron chi connectivity index (χ1n) is 9.19. The molecule has 0 aromatic heterocycles. The van der Waals surface area contributed by atoms with Crippen LogP contribution in [0.5, 0.6) is 5.75 Å². The third-order valence-corrected chi connectivity index (χ3v) is 4.87. The standard InChI is InChI=1S/C21H21N3O6/c1-13(22-15-5-9-17(30-2)10-6-15)18-19(23(11-12-25)21(27)20(18)26)14-3-7-16(8-4-14)24(28)29/h3-10,19,22,25H,11-12H2,1-2H3/b18-13-/t19-/m0/s1. The topological polar surface area (TPSA) is 122 Å². The van der Waals surface area contributed by atoms with Crippen LogP contribution in [0.3, 0.4) is 0 Å². The molecule has 2 N–H and O–H groups in total. The second kappa shape index (κ2) is 8.75. The van der Waals surface area contributed by atoms with Gasteiger partial charge in [-0.25, -0.2) is 0 Å². The number of likely N-dealkylation sites (tertiary alicyclic amines) is 1. The molecule has 0 bridgehead atoms. The van der Waals surface area contributed by atoms with Crippen LogP contribution in [-0.4, -0.2) is 46.9 Å². The van der Waals surface area contributed by atoms with Crippen molar-refractivity contribution in [1.82, 2.24) is 4.90 Å². The number of nitro groups is 1. The zero-order chi connectivity index (χ0) is 21.8. The van der Waals surface area contributed by atoms with Gasteiger partial charge in [0.05, 0.1) is 30.3 Å². The van der Waals surface area contributed by atoms with Crippen LogP contribution in [0.4, 0.5) is 11.4 Å². The number of ether oxygens (including phenoxy) is 1. The fraction of sp³-hybridized carbons (Fsp3) is 0.238. The highest BCUT2D eigenvalue weighted by Crippen LogP contribution is 2.38. The number of nitrogens with one attached hydrogen (secondary N) is 1. The van der Waals surface area contributed by atoms with Gasteiger partial charge in [-0.15, -0.1) is 0 Å². The van der Waals surface area contributed by atoms with Crippen molar-refractivity contribution < 1.29 is 24.4 Å². The summed E-state index contributed by atoms with van der Waals surface area (Å²) >= 11 is 0. The SMILES string of the molecule is COc1ccc(N/C(C)=C2\C(=O)C(=O)N(CCO)[C@H]2c2ccc([N+](=O)[O-])cc2)cc1. The second-order valence-electron chi connectivity index (χ2n) is 6.69. The van der Waals surface area contributed by atoms with Crippen LogP contribution in [0.2, 0.25) is 0 Å². The zero-order valence-electron chi connectivity index (χ0n) is 16.5. The van der Waals surface area contributed by atoms with E-state index in [1.165, 1.54) is 29.2 Å². The molecule has 0 radical (unpaired) electrons. The Morgan fingerprint density at radius 1 is 1.17 bits per heavy atom. The normalized spacial score (nSPS) is 17.8. The Morgan fingerprint density at radius 3 is 2.33 bits per heavy atom. The molecule has 0 aliphatic carbocycles. The molecular weight excluding hydrogens is 390 g/mol. The van der Waals surface area contributed by atoms with Crippen LogP contribution in [0.1, 0.15) is 18.5 Å². The van der Waals surface area contributed by atoms with Crippen molar-refractivity contribution in [1.29, 1.82) is 0 Å². The summed E-state index contributed by atoms with van der Waals surface area (Å²) in [5.74, 6) is -0.723. The Hall–Kier alpha value is -3.72. The number of Topliss-reactive ketones (excluding diaryl/α,β-unsaturated/α-hetero) is 1. The Labute approximate surface area is 172 Å². The number of allylic oxidation sites excluding steroid dienone is 1. The maximum atomic E-state index is 12.8. The summed E-state index contributed by atoms with van der Waals surface area (Å²) in [7, 11) is 1.56. The third kappa shape index (κ3) is 4.01. The summed E-state index contributed by atoms with van der Waals surface area (Å²) in [6.45, 7) is 1.33. The van der Waals surface area contributed by atoms with Crippen LogP contribution >= 0.6 is 0 Å². The molecule has 1 aliphatic heterocycles. The molecule has 1 saturated heterocycles. The molecule has 0 spiro atoms. The van der Waals surface area contributed by atoms with Crippen LogP contribution in [-0.2, 0) is 9.59 Å². The largest absolute Gasteiger partial charge is 0.497 e. The first kappa shape index (κ1) is 21.0. The second-order valence-corrected chi connectivity index (χ2v) is 6.69. The third-order valence-electron chi connectivity index (χ3n) is 4.87. The predicted molar refractivity (Wildman–Crippen MR) is 109 cm³/mol. The van der Waals surface area contributed by atoms with Gasteiger partial charge < -0.3 is 20.1 Å². The van der Waals surface area contributed by atoms with Gasteiger partial charge >= 0.3 is 0 Å². The minimum absolute atomic E-state index is 0.0362. The van der Waals surface area contributed by atoms with E-state index in [-0.39, 0.29) is 24.4 Å². The molecule has 156 valence electrons. The molecule has 30 heavy (non-hydrogen) atoms. The lowest BCUT2D eigenvalue weighted by Gasteiger charge is -2.25. The van der Waals surface area contributed by atoms with Crippen LogP contribution in [0.15, 0.2) is 59.8 Å². The molecule has 1 atom stereocenters. The maximum absolute atomic E-state index is 12.8. The van der Waals surface area contributed by atoms with E-state index in [0.717, 1.165) is 0 Å². The molecule has 0 saturated carbocycles. The molecule has 2 aromatic rings. The van der Waals surface area contributed by atoms with Crippen LogP contribution in [0, 0.1) is 10.1 Å². The molecule has 2 aromatic carbocycles. The summed E-state index contributed by atoms with van der Waals surface area (Å²) in [6, 6.07) is 12.0. The number of hydrogen-bond donors (Lipinski definition) is 2. The number of carbonyl (C=O) groups excluding carboxylic acids is 2. The van der Waals surface area contributed by atoms with E-state index in [4.69, 9.17) is 4.74 Å². The average molecular weight is 411 g/mol. The number of nitro benzene ring substituents is 1. The van der Waals surface area contributed by atoms with Gasteiger partial charge in [0.1, 0.15) is 5.75 Å². The van der Waals surface area contributed by atoms with Gasteiger partial charge in [0.25, 0.3) is 17.4 Å². The van der Waals surface area contributed by atoms with E-state index in [2.05, 4.69) is 5.32 Å². The molecule has 1 amide bonds. The van der Waals surface area contributed by atoms with Crippen molar-refractivity contribution in [2.45, 2.75) is 13.0 Å². The number of anilines is 1. The Balaban J connectivity index is 2.03. The Kier molecular flexibility index (Phi) is 6.12. The highest BCUT2D eigenvalue weighted by atomic mass is 16.6. The molecular formula is C21H21N3O6. The zero-order valence-corrected chi connectivity index (χ0v) is 16.5. The number of methoxy groups -OCH3 is 1. The quantitative estimate of drug-likeness (QED) is 0.310. The van der Waals surface area contributed by atoms with Gasteiger partial charge in [-0.3, -0.25) is 19.7 Å². The number of β-amino-alcohol motifs (C(OH)–C–C–N with tert-alkyl or cyclic N) is 1. The monoisotopic (exact) mass is 411 g/mol. The summed E-state index contributed by atoms with van der Waals surface area (Å²) < 4.78 is 5.13. The van der Waals surface area contributed by atoms with Gasteiger partial charge in [0, 0.05) is 30.1 Å². The van der Waals surface area contributed by atoms with Crippen molar-refractivity contribution in [2.75, 3.05) is 25.6 Å². The van der Waals surface area contributed by atoms with Crippen LogP contribution < -0.4 is 10.1 Å². The first-order valence-corrected chi connectivity index (χ1v) is 9.19. The van der Waals surface area contributed by atoms with Crippen molar-refractivity contribution in [3.8, 4) is 5.75 Å². The molecule has 0 unspecified atom stereocenters. The molecule has 3 rings (SSSR count). The number of benzene rings is 2. The van der Waals surface area contributed by atoms with Crippen LogP contribution in [0.25, 0.3) is 0 Å². The number of non-ortho nitro benzene ring substituents is 1. The highest BCUT2D eigenvalue weighted by Gasteiger charge is 2.44. The van der Waals surface area contributed by atoms with Crippen molar-refractivity contribution in [3.05, 3.63) is 75.5 Å². The number of aliphatic hydroxyl groups excluding tert-OH is 1. The van der Waals surface area contributed by atoms with E-state index in [1.54, 1.807) is 38.3 Å². The molecule has 1 heterocycles. The van der Waals surface area contributed by atoms with E-state index in [0.29, 0.717) is 22.7 Å². The van der Waals surface area contributed by atoms with Crippen molar-refractivity contribution in [2.24, 2.45) is 0 Å². The van der Waals surface area contributed by atoms with Gasteiger partial charge in [0.15, 0.2) is 0 Å². The Morgan fingerprint density at radius 2 is 1.80 bits per heavy atom. The number of rotatable bonds is 7. The summed E-state index contributed by atoms with van der Waals surface area (Å²) in [6.07, 6.45) is 0. The lowest BCUT2D eigenvalue weighted by Crippen LogP contribution is -2.32. The number of hydrogen-bond acceptors (Lipinski definition) is 7. The molecule has 1 aliphatic rings. The number of carbonyl (C=O) groups is 2. The lowest BCUT2D eigenvalue weighted by molar-refractivity contribution is -0.384. The predicted octanol–water partition coefficient (Wildman–Crippen LogP) is 2.43. The smallest absolute Gasteiger partial charge is 0.295 e. The van der Waals surface area contributed by atoms with E-state index in [9.17, 15) is 24.8 Å². The summed E-state index contributed by atoms with van der Waals surface area (Å²) in [5.41, 5.74) is 1.85. The maximum Gasteiger partial charge on any atom is 0.295 e.